The number of benzene rings is 2. The van der Waals surface area contributed by atoms with Crippen molar-refractivity contribution in [1.29, 1.82) is 0 Å². The van der Waals surface area contributed by atoms with Crippen LogP contribution in [0.2, 0.25) is 5.02 Å². The third kappa shape index (κ3) is 5.25. The van der Waals surface area contributed by atoms with Gasteiger partial charge < -0.3 is 10.2 Å². The van der Waals surface area contributed by atoms with Crippen molar-refractivity contribution in [3.63, 3.8) is 0 Å². The molecule has 0 aliphatic carbocycles. The minimum atomic E-state index is -4.49. The maximum absolute atomic E-state index is 12.7. The first kappa shape index (κ1) is 18.3. The van der Waals surface area contributed by atoms with Crippen LogP contribution in [0.25, 0.3) is 0 Å². The number of anilines is 1. The van der Waals surface area contributed by atoms with Gasteiger partial charge in [-0.3, -0.25) is 4.79 Å². The summed E-state index contributed by atoms with van der Waals surface area (Å²) >= 11 is 5.87. The number of halogens is 4. The van der Waals surface area contributed by atoms with Crippen LogP contribution in [0.1, 0.15) is 11.1 Å². The summed E-state index contributed by atoms with van der Waals surface area (Å²) in [5.74, 6) is -0.398. The van der Waals surface area contributed by atoms with Gasteiger partial charge in [-0.25, -0.2) is 0 Å². The van der Waals surface area contributed by atoms with E-state index in [1.54, 1.807) is 0 Å². The smallest absolute Gasteiger partial charge is 0.326 e. The van der Waals surface area contributed by atoms with Crippen molar-refractivity contribution < 1.29 is 22.9 Å². The quantitative estimate of drug-likeness (QED) is 0.847. The maximum Gasteiger partial charge on any atom is 0.416 e. The number of amides is 1. The highest BCUT2D eigenvalue weighted by Crippen LogP contribution is 2.33. The molecule has 2 rings (SSSR count). The van der Waals surface area contributed by atoms with Crippen molar-refractivity contribution in [3.05, 3.63) is 64.7 Å². The number of carbonyl (C=O) groups is 1. The van der Waals surface area contributed by atoms with Gasteiger partial charge in [-0.05, 0) is 18.2 Å². The van der Waals surface area contributed by atoms with E-state index < -0.39 is 17.6 Å². The van der Waals surface area contributed by atoms with Crippen LogP contribution in [0.5, 0.6) is 0 Å². The molecule has 3 nitrogen and oxygen atoms in total. The molecule has 0 saturated heterocycles. The first-order valence-electron chi connectivity index (χ1n) is 7.27. The molecular formula is C17H17ClF3N2O+. The first-order chi connectivity index (χ1) is 11.3. The SMILES string of the molecule is C[NH+](CC(=O)Nc1cc(C(F)(F)F)ccc1Cl)Cc1ccccc1. The lowest BCUT2D eigenvalue weighted by molar-refractivity contribution is -0.885. The second kappa shape index (κ2) is 7.68. The van der Waals surface area contributed by atoms with Crippen molar-refractivity contribution in [2.24, 2.45) is 0 Å². The van der Waals surface area contributed by atoms with E-state index >= 15 is 0 Å². The largest absolute Gasteiger partial charge is 0.416 e. The highest BCUT2D eigenvalue weighted by molar-refractivity contribution is 6.33. The van der Waals surface area contributed by atoms with Gasteiger partial charge in [0.15, 0.2) is 6.54 Å². The van der Waals surface area contributed by atoms with Gasteiger partial charge in [-0.15, -0.1) is 0 Å². The van der Waals surface area contributed by atoms with E-state index in [-0.39, 0.29) is 17.3 Å². The molecule has 0 heterocycles. The summed E-state index contributed by atoms with van der Waals surface area (Å²) in [6, 6.07) is 12.5. The van der Waals surface area contributed by atoms with Crippen LogP contribution in [0.3, 0.4) is 0 Å². The van der Waals surface area contributed by atoms with Crippen LogP contribution >= 0.6 is 11.6 Å². The summed E-state index contributed by atoms with van der Waals surface area (Å²) in [6.45, 7) is 0.742. The van der Waals surface area contributed by atoms with Gasteiger partial charge in [0.05, 0.1) is 23.3 Å². The van der Waals surface area contributed by atoms with Gasteiger partial charge in [0, 0.05) is 5.56 Å². The molecule has 2 aromatic rings. The van der Waals surface area contributed by atoms with E-state index in [1.165, 1.54) is 0 Å². The highest BCUT2D eigenvalue weighted by Gasteiger charge is 2.31. The Morgan fingerprint density at radius 3 is 2.46 bits per heavy atom. The van der Waals surface area contributed by atoms with Crippen LogP contribution in [0.15, 0.2) is 48.5 Å². The molecule has 24 heavy (non-hydrogen) atoms. The first-order valence-corrected chi connectivity index (χ1v) is 7.65. The molecule has 0 aliphatic rings. The molecule has 7 heteroatoms. The molecule has 0 bridgehead atoms. The zero-order valence-corrected chi connectivity index (χ0v) is 13.7. The third-order valence-corrected chi connectivity index (χ3v) is 3.71. The number of nitrogens with one attached hydrogen (secondary N) is 2. The molecule has 0 fully saturated rings. The highest BCUT2D eigenvalue weighted by atomic mass is 35.5. The fourth-order valence-corrected chi connectivity index (χ4v) is 2.44. The summed E-state index contributed by atoms with van der Waals surface area (Å²) in [7, 11) is 1.83. The number of rotatable bonds is 5. The molecule has 1 atom stereocenters. The Bertz CT molecular complexity index is 705. The Morgan fingerprint density at radius 1 is 1.17 bits per heavy atom. The van der Waals surface area contributed by atoms with Gasteiger partial charge in [-0.1, -0.05) is 41.9 Å². The van der Waals surface area contributed by atoms with E-state index in [0.717, 1.165) is 28.7 Å². The van der Waals surface area contributed by atoms with Crippen molar-refractivity contribution in [2.45, 2.75) is 12.7 Å². The zero-order valence-electron chi connectivity index (χ0n) is 13.0. The lowest BCUT2D eigenvalue weighted by Gasteiger charge is -2.15. The molecule has 0 aromatic heterocycles. The number of likely N-dealkylation sites (N-methyl/N-ethyl adjacent to an activating group) is 1. The number of hydrogen-bond donors (Lipinski definition) is 2. The predicted octanol–water partition coefficient (Wildman–Crippen LogP) is 3.01. The second-order valence-electron chi connectivity index (χ2n) is 5.54. The van der Waals surface area contributed by atoms with Gasteiger partial charge in [0.1, 0.15) is 6.54 Å². The Balaban J connectivity index is 1.99. The third-order valence-electron chi connectivity index (χ3n) is 3.38. The second-order valence-corrected chi connectivity index (χ2v) is 5.94. The summed E-state index contributed by atoms with van der Waals surface area (Å²) in [6.07, 6.45) is -4.49. The number of alkyl halides is 3. The molecule has 2 aromatic carbocycles. The lowest BCUT2D eigenvalue weighted by atomic mass is 10.2. The van der Waals surface area contributed by atoms with E-state index in [2.05, 4.69) is 5.32 Å². The zero-order chi connectivity index (χ0) is 17.7. The Labute approximate surface area is 143 Å². The van der Waals surface area contributed by atoms with Crippen LogP contribution in [0, 0.1) is 0 Å². The molecule has 0 aliphatic heterocycles. The summed E-state index contributed by atoms with van der Waals surface area (Å²) in [4.78, 5) is 13.0. The van der Waals surface area contributed by atoms with Crippen molar-refractivity contribution in [3.8, 4) is 0 Å². The molecule has 0 radical (unpaired) electrons. The van der Waals surface area contributed by atoms with Crippen molar-refractivity contribution in [2.75, 3.05) is 18.9 Å². The van der Waals surface area contributed by atoms with Gasteiger partial charge in [0.2, 0.25) is 0 Å². The monoisotopic (exact) mass is 357 g/mol. The summed E-state index contributed by atoms with van der Waals surface area (Å²) < 4.78 is 38.2. The van der Waals surface area contributed by atoms with Gasteiger partial charge in [0.25, 0.3) is 5.91 Å². The Kier molecular flexibility index (Phi) is 5.85. The topological polar surface area (TPSA) is 33.5 Å². The number of hydrogen-bond acceptors (Lipinski definition) is 1. The van der Waals surface area contributed by atoms with Crippen molar-refractivity contribution >= 4 is 23.2 Å². The van der Waals surface area contributed by atoms with Gasteiger partial charge >= 0.3 is 6.18 Å². The molecule has 2 N–H and O–H groups in total. The molecule has 1 unspecified atom stereocenters. The van der Waals surface area contributed by atoms with E-state index in [9.17, 15) is 18.0 Å². The number of carbonyl (C=O) groups excluding carboxylic acids is 1. The minimum absolute atomic E-state index is 0.0380. The van der Waals surface area contributed by atoms with E-state index in [0.29, 0.717) is 6.54 Å². The molecule has 128 valence electrons. The fraction of sp³-hybridized carbons (Fsp3) is 0.235. The molecule has 0 saturated carbocycles. The summed E-state index contributed by atoms with van der Waals surface area (Å²) in [5, 5.41) is 2.51. The van der Waals surface area contributed by atoms with E-state index in [1.807, 2.05) is 37.4 Å². The van der Waals surface area contributed by atoms with Crippen LogP contribution in [-0.4, -0.2) is 19.5 Å². The van der Waals surface area contributed by atoms with Gasteiger partial charge in [-0.2, -0.15) is 13.2 Å². The normalized spacial score (nSPS) is 12.7. The summed E-state index contributed by atoms with van der Waals surface area (Å²) in [5.41, 5.74) is 0.177. The minimum Gasteiger partial charge on any atom is -0.326 e. The molecule has 1 amide bonds. The predicted molar refractivity (Wildman–Crippen MR) is 87.0 cm³/mol. The Hall–Kier alpha value is -2.05. The lowest BCUT2D eigenvalue weighted by Crippen LogP contribution is -3.08. The molecular weight excluding hydrogens is 341 g/mol. The van der Waals surface area contributed by atoms with E-state index in [4.69, 9.17) is 11.6 Å². The molecule has 0 spiro atoms. The maximum atomic E-state index is 12.7. The average molecular weight is 358 g/mol. The Morgan fingerprint density at radius 2 is 1.83 bits per heavy atom. The number of quaternary nitrogens is 1. The standard InChI is InChI=1S/C17H16ClF3N2O/c1-23(10-12-5-3-2-4-6-12)11-16(24)22-15-9-13(17(19,20)21)7-8-14(15)18/h2-9H,10-11H2,1H3,(H,22,24)/p+1. The van der Waals surface area contributed by atoms with Crippen LogP contribution in [-0.2, 0) is 17.5 Å². The van der Waals surface area contributed by atoms with Crippen molar-refractivity contribution in [1.82, 2.24) is 0 Å². The van der Waals surface area contributed by atoms with Crippen LogP contribution in [0.4, 0.5) is 18.9 Å². The average Bonchev–Trinajstić information content (AvgIpc) is 2.49. The fourth-order valence-electron chi connectivity index (χ4n) is 2.27. The van der Waals surface area contributed by atoms with Crippen LogP contribution < -0.4 is 10.2 Å².